The molecule has 1 aromatic rings. The molecule has 1 rings (SSSR count). The van der Waals surface area contributed by atoms with Crippen LogP contribution in [0.5, 0.6) is 0 Å². The lowest BCUT2D eigenvalue weighted by Crippen LogP contribution is -2.27. The van der Waals surface area contributed by atoms with Gasteiger partial charge >= 0.3 is 0 Å². The summed E-state index contributed by atoms with van der Waals surface area (Å²) >= 11 is 1.77. The molecule has 1 aromatic heterocycles. The number of nitrogens with two attached hydrogens (primary N) is 1. The zero-order valence-corrected chi connectivity index (χ0v) is 9.16. The van der Waals surface area contributed by atoms with Gasteiger partial charge < -0.3 is 11.1 Å². The van der Waals surface area contributed by atoms with E-state index in [0.29, 0.717) is 6.04 Å². The number of nitrogens with one attached hydrogen (secondary N) is 1. The highest BCUT2D eigenvalue weighted by Gasteiger charge is 2.02. The molecule has 0 spiro atoms. The van der Waals surface area contributed by atoms with Gasteiger partial charge in [0, 0.05) is 12.6 Å². The minimum Gasteiger partial charge on any atom is -0.330 e. The molecule has 1 atom stereocenters. The predicted molar refractivity (Wildman–Crippen MR) is 59.0 cm³/mol. The first-order valence-corrected chi connectivity index (χ1v) is 5.63. The van der Waals surface area contributed by atoms with Crippen molar-refractivity contribution in [1.82, 2.24) is 5.32 Å². The average molecular weight is 198 g/mol. The molecule has 3 heteroatoms. The molecule has 1 heterocycles. The monoisotopic (exact) mass is 198 g/mol. The highest BCUT2D eigenvalue weighted by Crippen LogP contribution is 2.13. The standard InChI is InChI=1S/C10H18N2S/c1-8-6-13-7-10(8)5-12-9(2)3-4-11/h6-7,9,12H,3-5,11H2,1-2H3. The van der Waals surface area contributed by atoms with Gasteiger partial charge in [0.1, 0.15) is 0 Å². The number of hydrogen-bond donors (Lipinski definition) is 2. The topological polar surface area (TPSA) is 38.0 Å². The van der Waals surface area contributed by atoms with Crippen molar-refractivity contribution in [3.63, 3.8) is 0 Å². The maximum Gasteiger partial charge on any atom is 0.0218 e. The van der Waals surface area contributed by atoms with Crippen molar-refractivity contribution >= 4 is 11.3 Å². The molecule has 0 fully saturated rings. The largest absolute Gasteiger partial charge is 0.330 e. The molecule has 0 aliphatic heterocycles. The molecule has 0 aliphatic rings. The Morgan fingerprint density at radius 3 is 2.85 bits per heavy atom. The van der Waals surface area contributed by atoms with Crippen LogP contribution < -0.4 is 11.1 Å². The van der Waals surface area contributed by atoms with Crippen LogP contribution in [-0.2, 0) is 6.54 Å². The van der Waals surface area contributed by atoms with Gasteiger partial charge in [-0.15, -0.1) is 0 Å². The molecule has 0 amide bonds. The predicted octanol–water partition coefficient (Wildman–Crippen LogP) is 1.88. The van der Waals surface area contributed by atoms with Crippen LogP contribution in [0.25, 0.3) is 0 Å². The van der Waals surface area contributed by atoms with Crippen molar-refractivity contribution in [2.45, 2.75) is 32.9 Å². The summed E-state index contributed by atoms with van der Waals surface area (Å²) in [5, 5.41) is 7.84. The first-order valence-electron chi connectivity index (χ1n) is 4.69. The van der Waals surface area contributed by atoms with Crippen molar-refractivity contribution in [2.24, 2.45) is 5.73 Å². The molecule has 0 aliphatic carbocycles. The third-order valence-corrected chi connectivity index (χ3v) is 3.11. The number of rotatable bonds is 5. The summed E-state index contributed by atoms with van der Waals surface area (Å²) in [7, 11) is 0. The molecule has 74 valence electrons. The minimum atomic E-state index is 0.518. The van der Waals surface area contributed by atoms with E-state index in [1.165, 1.54) is 11.1 Å². The van der Waals surface area contributed by atoms with E-state index in [1.807, 2.05) is 0 Å². The van der Waals surface area contributed by atoms with Crippen LogP contribution in [0.1, 0.15) is 24.5 Å². The molecule has 2 nitrogen and oxygen atoms in total. The highest BCUT2D eigenvalue weighted by atomic mass is 32.1. The molecular weight excluding hydrogens is 180 g/mol. The third-order valence-electron chi connectivity index (χ3n) is 2.20. The first-order chi connectivity index (χ1) is 6.24. The third kappa shape index (κ3) is 3.46. The van der Waals surface area contributed by atoms with E-state index in [2.05, 4.69) is 29.9 Å². The smallest absolute Gasteiger partial charge is 0.0218 e. The van der Waals surface area contributed by atoms with Crippen LogP contribution >= 0.6 is 11.3 Å². The maximum atomic E-state index is 5.47. The maximum absolute atomic E-state index is 5.47. The Balaban J connectivity index is 2.30. The van der Waals surface area contributed by atoms with Crippen molar-refractivity contribution in [1.29, 1.82) is 0 Å². The molecule has 13 heavy (non-hydrogen) atoms. The zero-order valence-electron chi connectivity index (χ0n) is 8.34. The van der Waals surface area contributed by atoms with Gasteiger partial charge in [0.05, 0.1) is 0 Å². The Morgan fingerprint density at radius 2 is 2.31 bits per heavy atom. The summed E-state index contributed by atoms with van der Waals surface area (Å²) in [6.45, 7) is 6.06. The molecule has 0 saturated carbocycles. The Morgan fingerprint density at radius 1 is 1.54 bits per heavy atom. The second kappa shape index (κ2) is 5.37. The van der Waals surface area contributed by atoms with Crippen LogP contribution in [0.3, 0.4) is 0 Å². The van der Waals surface area contributed by atoms with Crippen LogP contribution in [0.2, 0.25) is 0 Å². The Hall–Kier alpha value is -0.380. The van der Waals surface area contributed by atoms with Crippen LogP contribution in [-0.4, -0.2) is 12.6 Å². The van der Waals surface area contributed by atoms with Crippen LogP contribution in [0, 0.1) is 6.92 Å². The normalized spacial score (nSPS) is 13.2. The van der Waals surface area contributed by atoms with Crippen molar-refractivity contribution < 1.29 is 0 Å². The summed E-state index contributed by atoms with van der Waals surface area (Å²) < 4.78 is 0. The zero-order chi connectivity index (χ0) is 9.68. The lowest BCUT2D eigenvalue weighted by Gasteiger charge is -2.11. The van der Waals surface area contributed by atoms with E-state index in [4.69, 9.17) is 5.73 Å². The fourth-order valence-electron chi connectivity index (χ4n) is 1.20. The van der Waals surface area contributed by atoms with Crippen molar-refractivity contribution in [3.8, 4) is 0 Å². The van der Waals surface area contributed by atoms with Gasteiger partial charge in [0.2, 0.25) is 0 Å². The summed E-state index contributed by atoms with van der Waals surface area (Å²) in [5.74, 6) is 0. The van der Waals surface area contributed by atoms with Crippen LogP contribution in [0.4, 0.5) is 0 Å². The molecule has 3 N–H and O–H groups in total. The van der Waals surface area contributed by atoms with Gasteiger partial charge in [-0.25, -0.2) is 0 Å². The summed E-state index contributed by atoms with van der Waals surface area (Å²) in [4.78, 5) is 0. The molecule has 1 unspecified atom stereocenters. The van der Waals surface area contributed by atoms with Gasteiger partial charge in [-0.1, -0.05) is 0 Å². The van der Waals surface area contributed by atoms with E-state index >= 15 is 0 Å². The number of thiophene rings is 1. The lowest BCUT2D eigenvalue weighted by atomic mass is 10.2. The van der Waals surface area contributed by atoms with Gasteiger partial charge in [0.25, 0.3) is 0 Å². The number of aryl methyl sites for hydroxylation is 1. The fourth-order valence-corrected chi connectivity index (χ4v) is 2.06. The van der Waals surface area contributed by atoms with Crippen LogP contribution in [0.15, 0.2) is 10.8 Å². The lowest BCUT2D eigenvalue weighted by molar-refractivity contribution is 0.519. The first kappa shape index (κ1) is 10.7. The highest BCUT2D eigenvalue weighted by molar-refractivity contribution is 7.08. The van der Waals surface area contributed by atoms with Gasteiger partial charge in [-0.3, -0.25) is 0 Å². The SMILES string of the molecule is Cc1cscc1CNC(C)CCN. The second-order valence-corrected chi connectivity index (χ2v) is 4.18. The minimum absolute atomic E-state index is 0.518. The van der Waals surface area contributed by atoms with E-state index in [1.54, 1.807) is 11.3 Å². The fraction of sp³-hybridized carbons (Fsp3) is 0.600. The van der Waals surface area contributed by atoms with Crippen molar-refractivity contribution in [2.75, 3.05) is 6.54 Å². The van der Waals surface area contributed by atoms with E-state index in [-0.39, 0.29) is 0 Å². The number of hydrogen-bond acceptors (Lipinski definition) is 3. The van der Waals surface area contributed by atoms with Gasteiger partial charge in [-0.05, 0) is 48.7 Å². The Bertz CT molecular complexity index is 245. The summed E-state index contributed by atoms with van der Waals surface area (Å²) in [6.07, 6.45) is 1.04. The second-order valence-electron chi connectivity index (χ2n) is 3.44. The quantitative estimate of drug-likeness (QED) is 0.758. The van der Waals surface area contributed by atoms with Crippen molar-refractivity contribution in [3.05, 3.63) is 21.9 Å². The van der Waals surface area contributed by atoms with E-state index < -0.39 is 0 Å². The van der Waals surface area contributed by atoms with Gasteiger partial charge in [-0.2, -0.15) is 11.3 Å². The molecule has 0 radical (unpaired) electrons. The summed E-state index contributed by atoms with van der Waals surface area (Å²) in [5.41, 5.74) is 8.27. The van der Waals surface area contributed by atoms with E-state index in [9.17, 15) is 0 Å². The van der Waals surface area contributed by atoms with E-state index in [0.717, 1.165) is 19.5 Å². The van der Waals surface area contributed by atoms with Gasteiger partial charge in [0.15, 0.2) is 0 Å². The summed E-state index contributed by atoms with van der Waals surface area (Å²) in [6, 6.07) is 0.518. The Labute approximate surface area is 84.2 Å². The average Bonchev–Trinajstić information content (AvgIpc) is 2.48. The molecule has 0 aromatic carbocycles. The Kier molecular flexibility index (Phi) is 4.42. The molecule has 0 bridgehead atoms. The molecule has 0 saturated heterocycles. The molecular formula is C10H18N2S.